The van der Waals surface area contributed by atoms with Crippen molar-refractivity contribution in [3.8, 4) is 0 Å². The van der Waals surface area contributed by atoms with Gasteiger partial charge < -0.3 is 10.0 Å². The summed E-state index contributed by atoms with van der Waals surface area (Å²) >= 11 is 1.66. The van der Waals surface area contributed by atoms with Crippen molar-refractivity contribution in [2.45, 2.75) is 6.42 Å². The molecule has 2 aromatic rings. The van der Waals surface area contributed by atoms with Gasteiger partial charge in [-0.1, -0.05) is 6.07 Å². The molecule has 0 bridgehead atoms. The average Bonchev–Trinajstić information content (AvgIpc) is 2.97. The van der Waals surface area contributed by atoms with E-state index in [9.17, 15) is 9.59 Å². The van der Waals surface area contributed by atoms with Gasteiger partial charge in [0.2, 0.25) is 0 Å². The van der Waals surface area contributed by atoms with Crippen LogP contribution in [-0.2, 0) is 6.42 Å². The number of likely N-dealkylation sites (N-methyl/N-ethyl adjacent to an activating group) is 1. The van der Waals surface area contributed by atoms with Crippen LogP contribution in [0, 0.1) is 0 Å². The highest BCUT2D eigenvalue weighted by Gasteiger charge is 2.13. The van der Waals surface area contributed by atoms with Gasteiger partial charge in [0.25, 0.3) is 5.91 Å². The Morgan fingerprint density at radius 2 is 2.15 bits per heavy atom. The Kier molecular flexibility index (Phi) is 4.47. The van der Waals surface area contributed by atoms with Gasteiger partial charge in [0.05, 0.1) is 5.56 Å². The third-order valence-electron chi connectivity index (χ3n) is 2.85. The van der Waals surface area contributed by atoms with Crippen LogP contribution in [0.3, 0.4) is 0 Å². The zero-order valence-corrected chi connectivity index (χ0v) is 11.8. The lowest BCUT2D eigenvalue weighted by Gasteiger charge is -2.16. The summed E-state index contributed by atoms with van der Waals surface area (Å²) in [5.41, 5.74) is 0.325. The number of carbonyl (C=O) groups is 2. The molecule has 1 N–H and O–H groups in total. The van der Waals surface area contributed by atoms with Crippen molar-refractivity contribution in [3.63, 3.8) is 0 Å². The minimum Gasteiger partial charge on any atom is -0.477 e. The lowest BCUT2D eigenvalue weighted by atomic mass is 10.2. The first-order chi connectivity index (χ1) is 9.58. The summed E-state index contributed by atoms with van der Waals surface area (Å²) in [5.74, 6) is -1.26. The van der Waals surface area contributed by atoms with Crippen LogP contribution < -0.4 is 0 Å². The monoisotopic (exact) mass is 290 g/mol. The molecular weight excluding hydrogens is 276 g/mol. The first-order valence-corrected chi connectivity index (χ1v) is 6.93. The summed E-state index contributed by atoms with van der Waals surface area (Å²) in [6, 6.07) is 6.84. The second-order valence-electron chi connectivity index (χ2n) is 4.29. The van der Waals surface area contributed by atoms with Crippen LogP contribution in [0.5, 0.6) is 0 Å². The van der Waals surface area contributed by atoms with E-state index in [0.29, 0.717) is 12.1 Å². The maximum atomic E-state index is 12.1. The minimum absolute atomic E-state index is 0.0669. The standard InChI is InChI=1S/C14H14N2O3S/c1-16(7-6-11-3-2-8-20-11)13(17)10-4-5-12(14(18)19)15-9-10/h2-5,8-9H,6-7H2,1H3,(H,18,19). The number of aromatic carboxylic acids is 1. The number of thiophene rings is 1. The second kappa shape index (κ2) is 6.29. The van der Waals surface area contributed by atoms with Gasteiger partial charge in [-0.05, 0) is 30.0 Å². The topological polar surface area (TPSA) is 70.5 Å². The number of carboxylic acids is 1. The lowest BCUT2D eigenvalue weighted by molar-refractivity contribution is 0.0688. The minimum atomic E-state index is -1.10. The molecule has 2 heterocycles. The molecule has 2 aromatic heterocycles. The molecule has 6 heteroatoms. The van der Waals surface area contributed by atoms with Crippen molar-refractivity contribution in [2.24, 2.45) is 0 Å². The van der Waals surface area contributed by atoms with Crippen molar-refractivity contribution < 1.29 is 14.7 Å². The van der Waals surface area contributed by atoms with Crippen LogP contribution in [0.1, 0.15) is 25.7 Å². The van der Waals surface area contributed by atoms with Crippen LogP contribution in [0.2, 0.25) is 0 Å². The van der Waals surface area contributed by atoms with Gasteiger partial charge in [-0.15, -0.1) is 11.3 Å². The Balaban J connectivity index is 1.97. The molecule has 0 saturated heterocycles. The molecule has 1 amide bonds. The number of carbonyl (C=O) groups excluding carboxylic acids is 1. The van der Waals surface area contributed by atoms with Gasteiger partial charge in [0.1, 0.15) is 5.69 Å². The van der Waals surface area contributed by atoms with Crippen LogP contribution in [0.15, 0.2) is 35.8 Å². The first kappa shape index (κ1) is 14.2. The second-order valence-corrected chi connectivity index (χ2v) is 5.33. The van der Waals surface area contributed by atoms with Gasteiger partial charge in [0, 0.05) is 24.7 Å². The molecule has 0 aliphatic carbocycles. The number of hydrogen-bond acceptors (Lipinski definition) is 4. The van der Waals surface area contributed by atoms with E-state index >= 15 is 0 Å². The van der Waals surface area contributed by atoms with Crippen LogP contribution >= 0.6 is 11.3 Å². The molecule has 0 spiro atoms. The number of aromatic nitrogens is 1. The van der Waals surface area contributed by atoms with Crippen LogP contribution in [0.25, 0.3) is 0 Å². The van der Waals surface area contributed by atoms with Crippen molar-refractivity contribution in [2.75, 3.05) is 13.6 Å². The third-order valence-corrected chi connectivity index (χ3v) is 3.79. The Morgan fingerprint density at radius 3 is 2.70 bits per heavy atom. The molecule has 0 unspecified atom stereocenters. The van der Waals surface area contributed by atoms with Crippen molar-refractivity contribution in [1.82, 2.24) is 9.88 Å². The summed E-state index contributed by atoms with van der Waals surface area (Å²) in [7, 11) is 1.72. The fraction of sp³-hybridized carbons (Fsp3) is 0.214. The molecule has 0 aliphatic rings. The third kappa shape index (κ3) is 3.42. The number of hydrogen-bond donors (Lipinski definition) is 1. The molecule has 0 fully saturated rings. The Bertz CT molecular complexity index is 593. The molecule has 2 rings (SSSR count). The number of pyridine rings is 1. The lowest BCUT2D eigenvalue weighted by Crippen LogP contribution is -2.28. The zero-order chi connectivity index (χ0) is 14.5. The highest BCUT2D eigenvalue weighted by molar-refractivity contribution is 7.09. The fourth-order valence-electron chi connectivity index (χ4n) is 1.70. The quantitative estimate of drug-likeness (QED) is 0.916. The van der Waals surface area contributed by atoms with E-state index in [1.807, 2.05) is 17.5 Å². The molecule has 0 saturated carbocycles. The summed E-state index contributed by atoms with van der Waals surface area (Å²) in [6.07, 6.45) is 2.11. The predicted molar refractivity (Wildman–Crippen MR) is 76.2 cm³/mol. The van der Waals surface area contributed by atoms with E-state index in [0.717, 1.165) is 6.42 Å². The van der Waals surface area contributed by atoms with E-state index in [1.54, 1.807) is 23.3 Å². The average molecular weight is 290 g/mol. The SMILES string of the molecule is CN(CCc1cccs1)C(=O)c1ccc(C(=O)O)nc1. The first-order valence-electron chi connectivity index (χ1n) is 6.05. The number of nitrogens with zero attached hydrogens (tertiary/aromatic N) is 2. The van der Waals surface area contributed by atoms with Gasteiger partial charge in [-0.3, -0.25) is 4.79 Å². The van der Waals surface area contributed by atoms with Crippen LogP contribution in [-0.4, -0.2) is 40.5 Å². The molecule has 0 aromatic carbocycles. The van der Waals surface area contributed by atoms with Crippen molar-refractivity contribution in [1.29, 1.82) is 0 Å². The number of rotatable bonds is 5. The van der Waals surface area contributed by atoms with Crippen molar-refractivity contribution >= 4 is 23.2 Å². The summed E-state index contributed by atoms with van der Waals surface area (Å²) in [4.78, 5) is 29.4. The Morgan fingerprint density at radius 1 is 1.35 bits per heavy atom. The van der Waals surface area contributed by atoms with E-state index in [2.05, 4.69) is 4.98 Å². The van der Waals surface area contributed by atoms with E-state index < -0.39 is 5.97 Å². The normalized spacial score (nSPS) is 10.2. The predicted octanol–water partition coefficient (Wildman–Crippen LogP) is 2.16. The van der Waals surface area contributed by atoms with Crippen molar-refractivity contribution in [3.05, 3.63) is 52.0 Å². The van der Waals surface area contributed by atoms with E-state index in [1.165, 1.54) is 23.2 Å². The molecule has 0 radical (unpaired) electrons. The molecule has 104 valence electrons. The number of carboxylic acid groups (broad SMARTS) is 1. The smallest absolute Gasteiger partial charge is 0.354 e. The summed E-state index contributed by atoms with van der Waals surface area (Å²) in [6.45, 7) is 0.611. The summed E-state index contributed by atoms with van der Waals surface area (Å²) in [5, 5.41) is 10.8. The zero-order valence-electron chi connectivity index (χ0n) is 10.9. The molecule has 0 aliphatic heterocycles. The Hall–Kier alpha value is -2.21. The molecule has 20 heavy (non-hydrogen) atoms. The molecule has 5 nitrogen and oxygen atoms in total. The van der Waals surface area contributed by atoms with Gasteiger partial charge in [-0.25, -0.2) is 9.78 Å². The van der Waals surface area contributed by atoms with Gasteiger partial charge in [-0.2, -0.15) is 0 Å². The maximum absolute atomic E-state index is 12.1. The highest BCUT2D eigenvalue weighted by Crippen LogP contribution is 2.10. The van der Waals surface area contributed by atoms with Gasteiger partial charge in [0.15, 0.2) is 0 Å². The van der Waals surface area contributed by atoms with E-state index in [4.69, 9.17) is 5.11 Å². The van der Waals surface area contributed by atoms with E-state index in [-0.39, 0.29) is 11.6 Å². The number of amides is 1. The maximum Gasteiger partial charge on any atom is 0.354 e. The highest BCUT2D eigenvalue weighted by atomic mass is 32.1. The van der Waals surface area contributed by atoms with Crippen LogP contribution in [0.4, 0.5) is 0 Å². The van der Waals surface area contributed by atoms with Gasteiger partial charge >= 0.3 is 5.97 Å². The molecule has 0 atom stereocenters. The summed E-state index contributed by atoms with van der Waals surface area (Å²) < 4.78 is 0. The fourth-order valence-corrected chi connectivity index (χ4v) is 2.40. The molecular formula is C14H14N2O3S. The Labute approximate surface area is 120 Å². The largest absolute Gasteiger partial charge is 0.477 e.